The van der Waals surface area contributed by atoms with Crippen molar-refractivity contribution in [3.8, 4) is 0 Å². The van der Waals surface area contributed by atoms with E-state index in [1.165, 1.54) is 25.3 Å². The molecule has 0 amide bonds. The summed E-state index contributed by atoms with van der Waals surface area (Å²) in [6, 6.07) is 8.75. The lowest BCUT2D eigenvalue weighted by atomic mass is 10.1. The fourth-order valence-electron chi connectivity index (χ4n) is 1.80. The molecule has 0 heterocycles. The number of halogens is 3. The number of methoxy groups -OCH3 is 1. The minimum Gasteiger partial charge on any atom is -0.465 e. The van der Waals surface area contributed by atoms with Crippen molar-refractivity contribution < 1.29 is 18.3 Å². The van der Waals surface area contributed by atoms with Gasteiger partial charge in [0.05, 0.1) is 18.4 Å². The van der Waals surface area contributed by atoms with Gasteiger partial charge in [0, 0.05) is 11.0 Å². The molecule has 3 nitrogen and oxygen atoms in total. The third kappa shape index (κ3) is 3.58. The summed E-state index contributed by atoms with van der Waals surface area (Å²) in [5.74, 6) is -1.81. The second-order valence-electron chi connectivity index (χ2n) is 4.26. The Morgan fingerprint density at radius 3 is 2.62 bits per heavy atom. The number of hydrogen-bond acceptors (Lipinski definition) is 3. The van der Waals surface area contributed by atoms with E-state index in [0.717, 1.165) is 0 Å². The molecule has 0 aliphatic heterocycles. The summed E-state index contributed by atoms with van der Waals surface area (Å²) in [7, 11) is 1.19. The van der Waals surface area contributed by atoms with Crippen LogP contribution in [0.3, 0.4) is 0 Å². The largest absolute Gasteiger partial charge is 0.465 e. The van der Waals surface area contributed by atoms with Crippen LogP contribution in [0, 0.1) is 11.6 Å². The summed E-state index contributed by atoms with van der Waals surface area (Å²) < 4.78 is 32.4. The number of nitrogens with one attached hydrogen (secondary N) is 1. The summed E-state index contributed by atoms with van der Waals surface area (Å²) >= 11 is 3.24. The zero-order valence-corrected chi connectivity index (χ0v) is 12.7. The summed E-state index contributed by atoms with van der Waals surface area (Å²) in [4.78, 5) is 11.3. The van der Waals surface area contributed by atoms with E-state index in [-0.39, 0.29) is 12.1 Å². The number of hydrogen-bond donors (Lipinski definition) is 1. The maximum Gasteiger partial charge on any atom is 0.340 e. The van der Waals surface area contributed by atoms with Crippen molar-refractivity contribution in [2.24, 2.45) is 0 Å². The van der Waals surface area contributed by atoms with E-state index >= 15 is 0 Å². The van der Waals surface area contributed by atoms with Crippen LogP contribution in [-0.4, -0.2) is 13.1 Å². The fourth-order valence-corrected chi connectivity index (χ4v) is 2.28. The molecule has 0 saturated heterocycles. The van der Waals surface area contributed by atoms with E-state index < -0.39 is 17.6 Å². The standard InChI is InChI=1S/C15H12BrF2NO2/c1-21-15(20)10-6-5-9(7-13(10)18)8-19-14-11(16)3-2-4-12(14)17/h2-7,19H,8H2,1H3. The van der Waals surface area contributed by atoms with Crippen LogP contribution in [-0.2, 0) is 11.3 Å². The Morgan fingerprint density at radius 2 is 2.00 bits per heavy atom. The molecule has 0 aliphatic rings. The molecule has 2 aromatic rings. The third-order valence-electron chi connectivity index (χ3n) is 2.87. The molecule has 2 aromatic carbocycles. The molecule has 0 unspecified atom stereocenters. The maximum atomic E-state index is 13.8. The summed E-state index contributed by atoms with van der Waals surface area (Å²) in [6.45, 7) is 0.220. The lowest BCUT2D eigenvalue weighted by molar-refractivity contribution is 0.0595. The molecule has 21 heavy (non-hydrogen) atoms. The van der Waals surface area contributed by atoms with Gasteiger partial charge in [0.15, 0.2) is 0 Å². The van der Waals surface area contributed by atoms with Crippen LogP contribution in [0.5, 0.6) is 0 Å². The highest BCUT2D eigenvalue weighted by Crippen LogP contribution is 2.25. The first-order valence-electron chi connectivity index (χ1n) is 6.07. The molecule has 6 heteroatoms. The molecule has 0 aromatic heterocycles. The summed E-state index contributed by atoms with van der Waals surface area (Å²) in [5, 5.41) is 2.88. The molecule has 110 valence electrons. The van der Waals surface area contributed by atoms with Crippen molar-refractivity contribution in [1.29, 1.82) is 0 Å². The number of anilines is 1. The zero-order chi connectivity index (χ0) is 15.4. The first-order chi connectivity index (χ1) is 10.0. The number of para-hydroxylation sites is 1. The lowest BCUT2D eigenvalue weighted by Gasteiger charge is -2.10. The molecule has 0 radical (unpaired) electrons. The average Bonchev–Trinajstić information content (AvgIpc) is 2.46. The number of benzene rings is 2. The van der Waals surface area contributed by atoms with E-state index in [9.17, 15) is 13.6 Å². The molecular formula is C15H12BrF2NO2. The molecule has 1 N–H and O–H groups in total. The predicted octanol–water partition coefficient (Wildman–Crippen LogP) is 4.13. The number of esters is 1. The molecule has 0 bridgehead atoms. The van der Waals surface area contributed by atoms with Crippen molar-refractivity contribution in [1.82, 2.24) is 0 Å². The van der Waals surface area contributed by atoms with Crippen molar-refractivity contribution in [3.63, 3.8) is 0 Å². The monoisotopic (exact) mass is 355 g/mol. The van der Waals surface area contributed by atoms with Gasteiger partial charge in [-0.05, 0) is 45.8 Å². The van der Waals surface area contributed by atoms with E-state index in [1.54, 1.807) is 18.2 Å². The van der Waals surface area contributed by atoms with Crippen LogP contribution < -0.4 is 5.32 Å². The van der Waals surface area contributed by atoms with Crippen LogP contribution in [0.15, 0.2) is 40.9 Å². The van der Waals surface area contributed by atoms with Crippen LogP contribution in [0.4, 0.5) is 14.5 Å². The summed E-state index contributed by atoms with van der Waals surface area (Å²) in [5.41, 5.74) is 0.749. The maximum absolute atomic E-state index is 13.8. The Hall–Kier alpha value is -1.95. The molecule has 0 atom stereocenters. The smallest absolute Gasteiger partial charge is 0.340 e. The highest BCUT2D eigenvalue weighted by atomic mass is 79.9. The Bertz CT molecular complexity index is 656. The van der Waals surface area contributed by atoms with Crippen LogP contribution in [0.2, 0.25) is 0 Å². The van der Waals surface area contributed by atoms with Gasteiger partial charge in [-0.2, -0.15) is 0 Å². The van der Waals surface area contributed by atoms with Crippen molar-refractivity contribution in [3.05, 3.63) is 63.6 Å². The lowest BCUT2D eigenvalue weighted by Crippen LogP contribution is -2.07. The minimum atomic E-state index is -0.733. The number of carbonyl (C=O) groups excluding carboxylic acids is 1. The molecular weight excluding hydrogens is 344 g/mol. The Balaban J connectivity index is 2.14. The van der Waals surface area contributed by atoms with E-state index in [4.69, 9.17) is 0 Å². The number of rotatable bonds is 4. The Kier molecular flexibility index (Phi) is 4.90. The quantitative estimate of drug-likeness (QED) is 0.838. The van der Waals surface area contributed by atoms with Crippen LogP contribution in [0.25, 0.3) is 0 Å². The molecule has 2 rings (SSSR count). The van der Waals surface area contributed by atoms with Crippen molar-refractivity contribution in [2.75, 3.05) is 12.4 Å². The second kappa shape index (κ2) is 6.67. The Morgan fingerprint density at radius 1 is 1.24 bits per heavy atom. The van der Waals surface area contributed by atoms with Gasteiger partial charge in [-0.1, -0.05) is 12.1 Å². The average molecular weight is 356 g/mol. The highest BCUT2D eigenvalue weighted by molar-refractivity contribution is 9.10. The van der Waals surface area contributed by atoms with Crippen LogP contribution >= 0.6 is 15.9 Å². The second-order valence-corrected chi connectivity index (χ2v) is 5.11. The Labute approximate surface area is 129 Å². The van der Waals surface area contributed by atoms with Gasteiger partial charge in [-0.15, -0.1) is 0 Å². The molecule has 0 saturated carbocycles. The highest BCUT2D eigenvalue weighted by Gasteiger charge is 2.12. The van der Waals surface area contributed by atoms with Gasteiger partial charge in [-0.3, -0.25) is 0 Å². The van der Waals surface area contributed by atoms with Crippen molar-refractivity contribution >= 4 is 27.6 Å². The number of ether oxygens (including phenoxy) is 1. The minimum absolute atomic E-state index is 0.131. The fraction of sp³-hybridized carbons (Fsp3) is 0.133. The summed E-state index contributed by atoms with van der Waals surface area (Å²) in [6.07, 6.45) is 0. The zero-order valence-electron chi connectivity index (χ0n) is 11.1. The SMILES string of the molecule is COC(=O)c1ccc(CNc2c(F)cccc2Br)cc1F. The molecule has 0 aliphatic carbocycles. The van der Waals surface area contributed by atoms with Gasteiger partial charge >= 0.3 is 5.97 Å². The predicted molar refractivity (Wildman–Crippen MR) is 79.2 cm³/mol. The van der Waals surface area contributed by atoms with Gasteiger partial charge in [0.2, 0.25) is 0 Å². The first-order valence-corrected chi connectivity index (χ1v) is 6.87. The van der Waals surface area contributed by atoms with Crippen molar-refractivity contribution in [2.45, 2.75) is 6.54 Å². The van der Waals surface area contributed by atoms with E-state index in [1.807, 2.05) is 0 Å². The molecule has 0 fully saturated rings. The van der Waals surface area contributed by atoms with Crippen LogP contribution in [0.1, 0.15) is 15.9 Å². The van der Waals surface area contributed by atoms with E-state index in [0.29, 0.717) is 15.7 Å². The molecule has 0 spiro atoms. The topological polar surface area (TPSA) is 38.3 Å². The number of carbonyl (C=O) groups is 1. The van der Waals surface area contributed by atoms with E-state index in [2.05, 4.69) is 26.0 Å². The third-order valence-corrected chi connectivity index (χ3v) is 3.53. The van der Waals surface area contributed by atoms with Gasteiger partial charge in [0.1, 0.15) is 11.6 Å². The van der Waals surface area contributed by atoms with Gasteiger partial charge in [-0.25, -0.2) is 13.6 Å². The first kappa shape index (κ1) is 15.4. The normalized spacial score (nSPS) is 10.3. The van der Waals surface area contributed by atoms with Gasteiger partial charge < -0.3 is 10.1 Å². The van der Waals surface area contributed by atoms with Gasteiger partial charge in [0.25, 0.3) is 0 Å².